The predicted octanol–water partition coefficient (Wildman–Crippen LogP) is 3.21. The van der Waals surface area contributed by atoms with E-state index >= 15 is 0 Å². The molecule has 2 heterocycles. The molecule has 0 bridgehead atoms. The first-order chi connectivity index (χ1) is 14.1. The van der Waals surface area contributed by atoms with E-state index in [2.05, 4.69) is 15.5 Å². The van der Waals surface area contributed by atoms with Gasteiger partial charge in [0.05, 0.1) is 23.7 Å². The maximum absolute atomic E-state index is 12.7. The number of benzene rings is 2. The third-order valence-corrected chi connectivity index (χ3v) is 5.01. The van der Waals surface area contributed by atoms with Gasteiger partial charge >= 0.3 is 0 Å². The molecule has 1 aromatic heterocycles. The van der Waals surface area contributed by atoms with Crippen molar-refractivity contribution in [2.75, 3.05) is 29.1 Å². The van der Waals surface area contributed by atoms with Crippen molar-refractivity contribution in [3.63, 3.8) is 0 Å². The number of amides is 2. The minimum absolute atomic E-state index is 0.0162. The summed E-state index contributed by atoms with van der Waals surface area (Å²) in [6.45, 7) is 2.50. The molecular formula is C20H18N4O4S. The topological polar surface area (TPSA) is 97.6 Å². The number of ether oxygens (including phenoxy) is 1. The zero-order valence-corrected chi connectivity index (χ0v) is 16.4. The highest BCUT2D eigenvalue weighted by molar-refractivity contribution is 7.99. The summed E-state index contributed by atoms with van der Waals surface area (Å²) < 4.78 is 11.1. The maximum Gasteiger partial charge on any atom is 0.277 e. The average Bonchev–Trinajstić information content (AvgIpc) is 3.21. The molecule has 3 aromatic rings. The molecule has 148 valence electrons. The smallest absolute Gasteiger partial charge is 0.277 e. The van der Waals surface area contributed by atoms with Crippen LogP contribution in [0.3, 0.4) is 0 Å². The summed E-state index contributed by atoms with van der Waals surface area (Å²) in [5.74, 6) is 0.773. The molecule has 8 nitrogen and oxygen atoms in total. The standard InChI is InChI=1S/C20H18N4O4S/c1-2-27-14-9-7-13(8-10-14)19-22-23-20(28-19)29-12-18(26)24-11-17(25)21-15-5-3-4-6-16(15)24/h3-10H,2,11-12H2,1H3,(H,21,25). The van der Waals surface area contributed by atoms with Gasteiger partial charge in [0.25, 0.3) is 5.22 Å². The number of para-hydroxylation sites is 2. The van der Waals surface area contributed by atoms with Crippen LogP contribution in [0.5, 0.6) is 5.75 Å². The van der Waals surface area contributed by atoms with Crippen LogP contribution in [0.1, 0.15) is 6.92 Å². The van der Waals surface area contributed by atoms with Crippen LogP contribution in [-0.4, -0.2) is 40.9 Å². The van der Waals surface area contributed by atoms with Crippen LogP contribution in [0.15, 0.2) is 58.2 Å². The summed E-state index contributed by atoms with van der Waals surface area (Å²) in [6, 6.07) is 14.5. The third kappa shape index (κ3) is 4.24. The van der Waals surface area contributed by atoms with Crippen LogP contribution in [0.4, 0.5) is 11.4 Å². The summed E-state index contributed by atoms with van der Waals surface area (Å²) in [5.41, 5.74) is 2.07. The molecule has 9 heteroatoms. The first kappa shape index (κ1) is 19.0. The lowest BCUT2D eigenvalue weighted by atomic mass is 10.2. The molecule has 29 heavy (non-hydrogen) atoms. The van der Waals surface area contributed by atoms with E-state index in [1.54, 1.807) is 12.1 Å². The molecule has 2 amide bonds. The van der Waals surface area contributed by atoms with Gasteiger partial charge in [-0.05, 0) is 43.3 Å². The van der Waals surface area contributed by atoms with Gasteiger partial charge in [0.2, 0.25) is 17.7 Å². The number of aromatic nitrogens is 2. The Labute approximate surface area is 171 Å². The van der Waals surface area contributed by atoms with Crippen molar-refractivity contribution in [2.45, 2.75) is 12.1 Å². The molecular weight excluding hydrogens is 392 g/mol. The second-order valence-corrected chi connectivity index (χ2v) is 7.09. The number of thioether (sulfide) groups is 1. The summed E-state index contributed by atoms with van der Waals surface area (Å²) in [7, 11) is 0. The van der Waals surface area contributed by atoms with Gasteiger partial charge in [0.15, 0.2) is 0 Å². The van der Waals surface area contributed by atoms with Crippen molar-refractivity contribution in [3.8, 4) is 17.2 Å². The van der Waals surface area contributed by atoms with Gasteiger partial charge in [0, 0.05) is 5.56 Å². The molecule has 0 saturated carbocycles. The lowest BCUT2D eigenvalue weighted by molar-refractivity contribution is -0.120. The number of fused-ring (bicyclic) bond motifs is 1. The van der Waals surface area contributed by atoms with Crippen molar-refractivity contribution >= 4 is 35.0 Å². The zero-order valence-electron chi connectivity index (χ0n) is 15.6. The molecule has 0 atom stereocenters. The molecule has 0 unspecified atom stereocenters. The Morgan fingerprint density at radius 2 is 2.00 bits per heavy atom. The van der Waals surface area contributed by atoms with Crippen LogP contribution >= 0.6 is 11.8 Å². The van der Waals surface area contributed by atoms with Crippen LogP contribution < -0.4 is 15.0 Å². The fourth-order valence-electron chi connectivity index (χ4n) is 2.90. The highest BCUT2D eigenvalue weighted by Crippen LogP contribution is 2.30. The predicted molar refractivity (Wildman–Crippen MR) is 109 cm³/mol. The monoisotopic (exact) mass is 410 g/mol. The minimum Gasteiger partial charge on any atom is -0.494 e. The molecule has 1 aliphatic rings. The number of carbonyl (C=O) groups is 2. The van der Waals surface area contributed by atoms with E-state index in [1.165, 1.54) is 4.90 Å². The van der Waals surface area contributed by atoms with Crippen LogP contribution in [0, 0.1) is 0 Å². The molecule has 1 aliphatic heterocycles. The molecule has 4 rings (SSSR count). The largest absolute Gasteiger partial charge is 0.494 e. The van der Waals surface area contributed by atoms with Crippen molar-refractivity contribution < 1.29 is 18.7 Å². The van der Waals surface area contributed by atoms with Crippen molar-refractivity contribution in [1.29, 1.82) is 0 Å². The molecule has 0 aliphatic carbocycles. The third-order valence-electron chi connectivity index (χ3n) is 4.21. The van der Waals surface area contributed by atoms with Gasteiger partial charge in [-0.2, -0.15) is 0 Å². The van der Waals surface area contributed by atoms with Crippen LogP contribution in [0.25, 0.3) is 11.5 Å². The van der Waals surface area contributed by atoms with Gasteiger partial charge in [-0.1, -0.05) is 23.9 Å². The van der Waals surface area contributed by atoms with Gasteiger partial charge < -0.3 is 19.4 Å². The normalized spacial score (nSPS) is 13.0. The molecule has 2 aromatic carbocycles. The van der Waals surface area contributed by atoms with E-state index in [1.807, 2.05) is 43.3 Å². The Balaban J connectivity index is 1.41. The van der Waals surface area contributed by atoms with Crippen molar-refractivity contribution in [3.05, 3.63) is 48.5 Å². The van der Waals surface area contributed by atoms with Gasteiger partial charge in [-0.25, -0.2) is 0 Å². The first-order valence-corrected chi connectivity index (χ1v) is 10.0. The van der Waals surface area contributed by atoms with Gasteiger partial charge in [-0.15, -0.1) is 10.2 Å². The summed E-state index contributed by atoms with van der Waals surface area (Å²) in [4.78, 5) is 26.0. The molecule has 0 radical (unpaired) electrons. The molecule has 0 saturated heterocycles. The summed E-state index contributed by atoms with van der Waals surface area (Å²) >= 11 is 1.14. The quantitative estimate of drug-likeness (QED) is 0.623. The van der Waals surface area contributed by atoms with Crippen molar-refractivity contribution in [2.24, 2.45) is 0 Å². The first-order valence-electron chi connectivity index (χ1n) is 9.03. The Morgan fingerprint density at radius 3 is 2.79 bits per heavy atom. The number of carbonyl (C=O) groups excluding carboxylic acids is 2. The van der Waals surface area contributed by atoms with Gasteiger partial charge in [-0.3, -0.25) is 9.59 Å². The number of anilines is 2. The zero-order chi connectivity index (χ0) is 20.2. The number of hydrogen-bond acceptors (Lipinski definition) is 7. The maximum atomic E-state index is 12.7. The number of hydrogen-bond donors (Lipinski definition) is 1. The fraction of sp³-hybridized carbons (Fsp3) is 0.200. The Kier molecular flexibility index (Phi) is 5.48. The summed E-state index contributed by atoms with van der Waals surface area (Å²) in [5, 5.41) is 11.1. The average molecular weight is 410 g/mol. The van der Waals surface area contributed by atoms with E-state index in [9.17, 15) is 9.59 Å². The van der Waals surface area contributed by atoms with E-state index in [-0.39, 0.29) is 29.3 Å². The van der Waals surface area contributed by atoms with Crippen LogP contribution in [0.2, 0.25) is 0 Å². The second-order valence-electron chi connectivity index (χ2n) is 6.16. The van der Waals surface area contributed by atoms with Crippen molar-refractivity contribution in [1.82, 2.24) is 10.2 Å². The van der Waals surface area contributed by atoms with E-state index in [4.69, 9.17) is 9.15 Å². The Hall–Kier alpha value is -3.33. The minimum atomic E-state index is -0.224. The second kappa shape index (κ2) is 8.36. The lowest BCUT2D eigenvalue weighted by Gasteiger charge is -2.28. The number of rotatable bonds is 6. The fourth-order valence-corrected chi connectivity index (χ4v) is 3.54. The summed E-state index contributed by atoms with van der Waals surface area (Å²) in [6.07, 6.45) is 0. The van der Waals surface area contributed by atoms with Crippen LogP contribution in [-0.2, 0) is 9.59 Å². The number of nitrogens with zero attached hydrogens (tertiary/aromatic N) is 3. The molecule has 0 spiro atoms. The van der Waals surface area contributed by atoms with E-state index in [0.717, 1.165) is 23.1 Å². The highest BCUT2D eigenvalue weighted by Gasteiger charge is 2.26. The van der Waals surface area contributed by atoms with E-state index in [0.29, 0.717) is 23.9 Å². The highest BCUT2D eigenvalue weighted by atomic mass is 32.2. The molecule has 0 fully saturated rings. The Morgan fingerprint density at radius 1 is 1.21 bits per heavy atom. The Bertz CT molecular complexity index is 1030. The molecule has 1 N–H and O–H groups in total. The van der Waals surface area contributed by atoms with Gasteiger partial charge in [0.1, 0.15) is 12.3 Å². The lowest BCUT2D eigenvalue weighted by Crippen LogP contribution is -2.43. The number of nitrogens with one attached hydrogen (secondary N) is 1. The SMILES string of the molecule is CCOc1ccc(-c2nnc(SCC(=O)N3CC(=O)Nc4ccccc43)o2)cc1. The van der Waals surface area contributed by atoms with E-state index < -0.39 is 0 Å².